The minimum absolute atomic E-state index is 0.135. The van der Waals surface area contributed by atoms with Gasteiger partial charge in [0, 0.05) is 13.2 Å². The summed E-state index contributed by atoms with van der Waals surface area (Å²) in [7, 11) is 2.14. The SMILES string of the molecule is CCCN(C)C1(CN)CCOC1. The summed E-state index contributed by atoms with van der Waals surface area (Å²) in [5.74, 6) is 0. The standard InChI is InChI=1S/C9H20N2O/c1-3-5-11(2)9(7-10)4-6-12-8-9/h3-8,10H2,1-2H3. The van der Waals surface area contributed by atoms with Crippen LogP contribution in [-0.4, -0.2) is 43.8 Å². The van der Waals surface area contributed by atoms with Gasteiger partial charge >= 0.3 is 0 Å². The molecule has 1 aliphatic rings. The van der Waals surface area contributed by atoms with E-state index in [9.17, 15) is 0 Å². The van der Waals surface area contributed by atoms with Crippen molar-refractivity contribution >= 4 is 0 Å². The van der Waals surface area contributed by atoms with E-state index in [1.165, 1.54) is 6.42 Å². The summed E-state index contributed by atoms with van der Waals surface area (Å²) < 4.78 is 5.40. The molecule has 0 aromatic rings. The molecular formula is C9H20N2O. The van der Waals surface area contributed by atoms with Crippen LogP contribution in [0, 0.1) is 0 Å². The second kappa shape index (κ2) is 4.21. The van der Waals surface area contributed by atoms with Gasteiger partial charge in [0.25, 0.3) is 0 Å². The molecule has 1 fully saturated rings. The maximum atomic E-state index is 5.78. The normalized spacial score (nSPS) is 30.0. The predicted octanol–water partition coefficient (Wildman–Crippen LogP) is 0.446. The highest BCUT2D eigenvalue weighted by molar-refractivity contribution is 4.93. The lowest BCUT2D eigenvalue weighted by molar-refractivity contribution is 0.0938. The van der Waals surface area contributed by atoms with Crippen LogP contribution in [-0.2, 0) is 4.74 Å². The van der Waals surface area contributed by atoms with Crippen LogP contribution in [0.1, 0.15) is 19.8 Å². The smallest absolute Gasteiger partial charge is 0.0663 e. The molecule has 0 radical (unpaired) electrons. The Morgan fingerprint density at radius 2 is 2.33 bits per heavy atom. The van der Waals surface area contributed by atoms with Crippen LogP contribution in [0.15, 0.2) is 0 Å². The van der Waals surface area contributed by atoms with Crippen LogP contribution in [0.25, 0.3) is 0 Å². The quantitative estimate of drug-likeness (QED) is 0.669. The molecule has 1 aliphatic heterocycles. The van der Waals surface area contributed by atoms with E-state index >= 15 is 0 Å². The highest BCUT2D eigenvalue weighted by Crippen LogP contribution is 2.23. The van der Waals surface area contributed by atoms with Gasteiger partial charge in [0.1, 0.15) is 0 Å². The lowest BCUT2D eigenvalue weighted by atomic mass is 9.97. The van der Waals surface area contributed by atoms with Gasteiger partial charge in [-0.15, -0.1) is 0 Å². The van der Waals surface area contributed by atoms with Gasteiger partial charge in [-0.3, -0.25) is 4.90 Å². The molecule has 1 heterocycles. The average Bonchev–Trinajstić information content (AvgIpc) is 2.54. The molecule has 1 atom stereocenters. The Balaban J connectivity index is 2.52. The molecule has 2 N–H and O–H groups in total. The van der Waals surface area contributed by atoms with Crippen LogP contribution < -0.4 is 5.73 Å². The van der Waals surface area contributed by atoms with E-state index in [2.05, 4.69) is 18.9 Å². The van der Waals surface area contributed by atoms with Crippen molar-refractivity contribution in [1.29, 1.82) is 0 Å². The second-order valence-corrected chi connectivity index (χ2v) is 3.65. The second-order valence-electron chi connectivity index (χ2n) is 3.65. The first-order valence-corrected chi connectivity index (χ1v) is 4.74. The molecule has 3 nitrogen and oxygen atoms in total. The van der Waals surface area contributed by atoms with Gasteiger partial charge in [-0.05, 0) is 26.4 Å². The Labute approximate surface area is 74.9 Å². The van der Waals surface area contributed by atoms with Crippen LogP contribution in [0.3, 0.4) is 0 Å². The van der Waals surface area contributed by atoms with Crippen molar-refractivity contribution in [2.45, 2.75) is 25.3 Å². The van der Waals surface area contributed by atoms with Crippen molar-refractivity contribution in [3.05, 3.63) is 0 Å². The molecular weight excluding hydrogens is 152 g/mol. The number of hydrogen-bond donors (Lipinski definition) is 1. The zero-order valence-electron chi connectivity index (χ0n) is 8.18. The fraction of sp³-hybridized carbons (Fsp3) is 1.00. The summed E-state index contributed by atoms with van der Waals surface area (Å²) in [6.45, 7) is 5.69. The van der Waals surface area contributed by atoms with Crippen LogP contribution in [0.4, 0.5) is 0 Å². The largest absolute Gasteiger partial charge is 0.379 e. The Hall–Kier alpha value is -0.120. The Bertz CT molecular complexity index is 132. The summed E-state index contributed by atoms with van der Waals surface area (Å²) >= 11 is 0. The molecule has 0 amide bonds. The van der Waals surface area contributed by atoms with Crippen molar-refractivity contribution in [2.75, 3.05) is 33.4 Å². The molecule has 1 unspecified atom stereocenters. The van der Waals surface area contributed by atoms with E-state index in [-0.39, 0.29) is 5.54 Å². The Kier molecular flexibility index (Phi) is 3.50. The fourth-order valence-corrected chi connectivity index (χ4v) is 1.79. The topological polar surface area (TPSA) is 38.5 Å². The maximum Gasteiger partial charge on any atom is 0.0663 e. The van der Waals surface area contributed by atoms with Gasteiger partial charge in [-0.25, -0.2) is 0 Å². The zero-order chi connectivity index (χ0) is 9.03. The van der Waals surface area contributed by atoms with E-state index in [1.54, 1.807) is 0 Å². The monoisotopic (exact) mass is 172 g/mol. The number of nitrogens with zero attached hydrogens (tertiary/aromatic N) is 1. The van der Waals surface area contributed by atoms with Crippen molar-refractivity contribution in [3.63, 3.8) is 0 Å². The maximum absolute atomic E-state index is 5.78. The van der Waals surface area contributed by atoms with Crippen LogP contribution >= 0.6 is 0 Å². The van der Waals surface area contributed by atoms with Gasteiger partial charge in [0.15, 0.2) is 0 Å². The summed E-state index contributed by atoms with van der Waals surface area (Å²) in [6.07, 6.45) is 2.26. The van der Waals surface area contributed by atoms with E-state index in [0.717, 1.165) is 26.2 Å². The Morgan fingerprint density at radius 3 is 2.75 bits per heavy atom. The molecule has 3 heteroatoms. The first kappa shape index (κ1) is 9.96. The highest BCUT2D eigenvalue weighted by atomic mass is 16.5. The van der Waals surface area contributed by atoms with E-state index in [0.29, 0.717) is 6.54 Å². The lowest BCUT2D eigenvalue weighted by Gasteiger charge is -2.36. The summed E-state index contributed by atoms with van der Waals surface area (Å²) in [6, 6.07) is 0. The average molecular weight is 172 g/mol. The highest BCUT2D eigenvalue weighted by Gasteiger charge is 2.36. The van der Waals surface area contributed by atoms with Crippen molar-refractivity contribution in [1.82, 2.24) is 4.90 Å². The minimum Gasteiger partial charge on any atom is -0.379 e. The number of rotatable bonds is 4. The van der Waals surface area contributed by atoms with E-state index < -0.39 is 0 Å². The van der Waals surface area contributed by atoms with Gasteiger partial charge in [-0.1, -0.05) is 6.92 Å². The molecule has 0 bridgehead atoms. The molecule has 1 saturated heterocycles. The van der Waals surface area contributed by atoms with Gasteiger partial charge in [0.05, 0.1) is 12.1 Å². The van der Waals surface area contributed by atoms with E-state index in [1.807, 2.05) is 0 Å². The summed E-state index contributed by atoms with van der Waals surface area (Å²) in [5.41, 5.74) is 5.91. The molecule has 0 spiro atoms. The van der Waals surface area contributed by atoms with Gasteiger partial charge in [-0.2, -0.15) is 0 Å². The zero-order valence-corrected chi connectivity index (χ0v) is 8.18. The third-order valence-corrected chi connectivity index (χ3v) is 2.83. The summed E-state index contributed by atoms with van der Waals surface area (Å²) in [4.78, 5) is 2.35. The van der Waals surface area contributed by atoms with Gasteiger partial charge in [0.2, 0.25) is 0 Å². The first-order valence-electron chi connectivity index (χ1n) is 4.74. The lowest BCUT2D eigenvalue weighted by Crippen LogP contribution is -2.52. The fourth-order valence-electron chi connectivity index (χ4n) is 1.79. The third kappa shape index (κ3) is 1.79. The number of hydrogen-bond acceptors (Lipinski definition) is 3. The van der Waals surface area contributed by atoms with Crippen LogP contribution in [0.5, 0.6) is 0 Å². The van der Waals surface area contributed by atoms with Gasteiger partial charge < -0.3 is 10.5 Å². The molecule has 12 heavy (non-hydrogen) atoms. The molecule has 0 aromatic heterocycles. The molecule has 0 saturated carbocycles. The van der Waals surface area contributed by atoms with Crippen molar-refractivity contribution in [3.8, 4) is 0 Å². The van der Waals surface area contributed by atoms with Crippen molar-refractivity contribution < 1.29 is 4.74 Å². The Morgan fingerprint density at radius 1 is 1.58 bits per heavy atom. The van der Waals surface area contributed by atoms with Crippen LogP contribution in [0.2, 0.25) is 0 Å². The number of ether oxygens (including phenoxy) is 1. The summed E-state index contributed by atoms with van der Waals surface area (Å²) in [5, 5.41) is 0. The third-order valence-electron chi connectivity index (χ3n) is 2.83. The molecule has 72 valence electrons. The van der Waals surface area contributed by atoms with Crippen molar-refractivity contribution in [2.24, 2.45) is 5.73 Å². The first-order chi connectivity index (χ1) is 5.75. The minimum atomic E-state index is 0.135. The van der Waals surface area contributed by atoms with E-state index in [4.69, 9.17) is 10.5 Å². The molecule has 0 aromatic carbocycles. The predicted molar refractivity (Wildman–Crippen MR) is 50.1 cm³/mol. The number of likely N-dealkylation sites (N-methyl/N-ethyl adjacent to an activating group) is 1. The molecule has 0 aliphatic carbocycles. The number of nitrogens with two attached hydrogens (primary N) is 1. The molecule has 1 rings (SSSR count).